The van der Waals surface area contributed by atoms with Crippen molar-refractivity contribution in [2.75, 3.05) is 19.6 Å². The fourth-order valence-electron chi connectivity index (χ4n) is 2.78. The lowest BCUT2D eigenvalue weighted by Gasteiger charge is -2.34. The largest absolute Gasteiger partial charge is 0.445 e. The zero-order valence-corrected chi connectivity index (χ0v) is 15.9. The number of ether oxygens (including phenoxy) is 1. The van der Waals surface area contributed by atoms with Crippen molar-refractivity contribution in [1.82, 2.24) is 10.2 Å². The molecule has 1 heterocycles. The minimum absolute atomic E-state index is 0.0297. The van der Waals surface area contributed by atoms with E-state index in [1.807, 2.05) is 38.1 Å². The number of rotatable bonds is 5. The maximum absolute atomic E-state index is 14.5. The van der Waals surface area contributed by atoms with Gasteiger partial charge in [-0.2, -0.15) is 0 Å². The van der Waals surface area contributed by atoms with Gasteiger partial charge in [0.2, 0.25) is 5.96 Å². The molecule has 0 aromatic heterocycles. The summed E-state index contributed by atoms with van der Waals surface area (Å²) in [4.78, 5) is 21.4. The average molecular weight is 374 g/mol. The molecule has 1 N–H and O–H groups in total. The number of guanidine groups is 1. The number of nitrogens with one attached hydrogen (secondary N) is 1. The molecule has 1 aliphatic rings. The van der Waals surface area contributed by atoms with Crippen molar-refractivity contribution in [2.45, 2.75) is 33.0 Å². The number of piperidine rings is 1. The van der Waals surface area contributed by atoms with Crippen LogP contribution in [0.3, 0.4) is 0 Å². The first-order valence-corrected chi connectivity index (χ1v) is 9.04. The zero-order chi connectivity index (χ0) is 19.6. The second kappa shape index (κ2) is 10.4. The third-order valence-corrected chi connectivity index (χ3v) is 4.44. The lowest BCUT2D eigenvalue weighted by atomic mass is 9.95. The molecule has 1 aromatic rings. The van der Waals surface area contributed by atoms with Gasteiger partial charge in [0.15, 0.2) is 0 Å². The highest BCUT2D eigenvalue weighted by Crippen LogP contribution is 2.21. The van der Waals surface area contributed by atoms with E-state index >= 15 is 0 Å². The Morgan fingerprint density at radius 3 is 2.81 bits per heavy atom. The van der Waals surface area contributed by atoms with Crippen molar-refractivity contribution in [2.24, 2.45) is 15.9 Å². The van der Waals surface area contributed by atoms with Crippen LogP contribution in [0.4, 0.5) is 9.18 Å². The van der Waals surface area contributed by atoms with Gasteiger partial charge in [0, 0.05) is 25.2 Å². The number of hydrogen-bond donors (Lipinski definition) is 1. The molecule has 0 bridgehead atoms. The normalized spacial score (nSPS) is 20.6. The van der Waals surface area contributed by atoms with Gasteiger partial charge in [-0.1, -0.05) is 35.9 Å². The van der Waals surface area contributed by atoms with Crippen molar-refractivity contribution in [3.63, 3.8) is 0 Å². The molecular weight excluding hydrogens is 347 g/mol. The minimum atomic E-state index is -1.13. The molecule has 27 heavy (non-hydrogen) atoms. The molecule has 0 radical (unpaired) electrons. The van der Waals surface area contributed by atoms with E-state index in [-0.39, 0.29) is 19.1 Å². The van der Waals surface area contributed by atoms with E-state index in [0.29, 0.717) is 25.5 Å². The highest BCUT2D eigenvalue weighted by atomic mass is 19.1. The molecule has 1 saturated heterocycles. The van der Waals surface area contributed by atoms with E-state index in [2.05, 4.69) is 22.0 Å². The summed E-state index contributed by atoms with van der Waals surface area (Å²) in [6.07, 6.45) is 2.29. The molecule has 7 heteroatoms. The van der Waals surface area contributed by atoms with E-state index in [0.717, 1.165) is 11.1 Å². The number of likely N-dealkylation sites (tertiary alicyclic amines) is 1. The first-order valence-electron chi connectivity index (χ1n) is 9.04. The summed E-state index contributed by atoms with van der Waals surface area (Å²) in [6.45, 7) is 8.35. The summed E-state index contributed by atoms with van der Waals surface area (Å²) < 4.78 is 19.8. The molecule has 0 aliphatic carbocycles. The summed E-state index contributed by atoms with van der Waals surface area (Å²) >= 11 is 0. The number of hydrogen-bond acceptors (Lipinski definition) is 3. The van der Waals surface area contributed by atoms with Crippen LogP contribution in [-0.4, -0.2) is 49.5 Å². The van der Waals surface area contributed by atoms with Crippen LogP contribution >= 0.6 is 0 Å². The van der Waals surface area contributed by atoms with Crippen molar-refractivity contribution >= 4 is 18.8 Å². The second-order valence-corrected chi connectivity index (χ2v) is 6.53. The molecule has 1 aliphatic heterocycles. The van der Waals surface area contributed by atoms with E-state index in [1.165, 1.54) is 4.90 Å². The van der Waals surface area contributed by atoms with Crippen LogP contribution in [0.1, 0.15) is 24.5 Å². The Kier molecular flexibility index (Phi) is 7.98. The predicted octanol–water partition coefficient (Wildman–Crippen LogP) is 3.47. The Balaban J connectivity index is 1.78. The number of benzene rings is 1. The Bertz CT molecular complexity index is 688. The number of aryl methyl sites for hydroxylation is 1. The Hall–Kier alpha value is -2.70. The smallest absolute Gasteiger partial charge is 0.410 e. The van der Waals surface area contributed by atoms with E-state index in [1.54, 1.807) is 12.3 Å². The third kappa shape index (κ3) is 6.51. The summed E-state index contributed by atoms with van der Waals surface area (Å²) in [5.74, 6) is 0.143. The van der Waals surface area contributed by atoms with Crippen LogP contribution in [0.15, 0.2) is 46.5 Å². The second-order valence-electron chi connectivity index (χ2n) is 6.53. The highest BCUT2D eigenvalue weighted by Gasteiger charge is 2.32. The molecule has 1 amide bonds. The van der Waals surface area contributed by atoms with Crippen LogP contribution < -0.4 is 5.32 Å². The first kappa shape index (κ1) is 20.6. The van der Waals surface area contributed by atoms with Crippen molar-refractivity contribution in [3.8, 4) is 0 Å². The molecule has 1 aromatic carbocycles. The molecule has 1 fully saturated rings. The van der Waals surface area contributed by atoms with Crippen LogP contribution in [0.25, 0.3) is 0 Å². The molecule has 0 unspecified atom stereocenters. The van der Waals surface area contributed by atoms with Gasteiger partial charge < -0.3 is 15.0 Å². The van der Waals surface area contributed by atoms with Gasteiger partial charge in [0.05, 0.1) is 6.54 Å². The van der Waals surface area contributed by atoms with Gasteiger partial charge in [-0.05, 0) is 32.5 Å². The van der Waals surface area contributed by atoms with Crippen molar-refractivity contribution in [1.29, 1.82) is 0 Å². The monoisotopic (exact) mass is 374 g/mol. The summed E-state index contributed by atoms with van der Waals surface area (Å²) in [5, 5.41) is 2.99. The van der Waals surface area contributed by atoms with Crippen LogP contribution in [0, 0.1) is 12.8 Å². The van der Waals surface area contributed by atoms with Gasteiger partial charge >= 0.3 is 6.09 Å². The summed E-state index contributed by atoms with van der Waals surface area (Å²) in [7, 11) is 0. The lowest BCUT2D eigenvalue weighted by Crippen LogP contribution is -2.48. The minimum Gasteiger partial charge on any atom is -0.445 e. The lowest BCUT2D eigenvalue weighted by molar-refractivity contribution is 0.0526. The molecular formula is C20H27FN4O2. The molecule has 2 rings (SSSR count). The predicted molar refractivity (Wildman–Crippen MR) is 106 cm³/mol. The maximum atomic E-state index is 14.5. The number of amides is 1. The highest BCUT2D eigenvalue weighted by molar-refractivity contribution is 5.84. The number of carbonyl (C=O) groups excluding carboxylic acids is 1. The maximum Gasteiger partial charge on any atom is 0.410 e. The van der Waals surface area contributed by atoms with E-state index < -0.39 is 12.3 Å². The molecule has 0 spiro atoms. The van der Waals surface area contributed by atoms with E-state index in [4.69, 9.17) is 4.74 Å². The number of carbonyl (C=O) groups is 1. The fraction of sp³-hybridized carbons (Fsp3) is 0.450. The van der Waals surface area contributed by atoms with Gasteiger partial charge in [-0.15, -0.1) is 0 Å². The van der Waals surface area contributed by atoms with E-state index in [9.17, 15) is 9.18 Å². The van der Waals surface area contributed by atoms with Gasteiger partial charge in [0.1, 0.15) is 12.8 Å². The summed E-state index contributed by atoms with van der Waals surface area (Å²) in [5.41, 5.74) is 2.06. The fourth-order valence-corrected chi connectivity index (χ4v) is 2.78. The Morgan fingerprint density at radius 1 is 1.44 bits per heavy atom. The van der Waals surface area contributed by atoms with Crippen LogP contribution in [0.5, 0.6) is 0 Å². The topological polar surface area (TPSA) is 66.3 Å². The van der Waals surface area contributed by atoms with Gasteiger partial charge in [-0.25, -0.2) is 19.2 Å². The quantitative estimate of drug-likeness (QED) is 0.634. The molecule has 2 atom stereocenters. The average Bonchev–Trinajstić information content (AvgIpc) is 2.68. The number of aliphatic imine (C=N–C) groups is 2. The first-order chi connectivity index (χ1) is 13.0. The Morgan fingerprint density at radius 2 is 2.19 bits per heavy atom. The van der Waals surface area contributed by atoms with Crippen molar-refractivity contribution < 1.29 is 13.9 Å². The Labute approximate surface area is 159 Å². The molecule has 6 nitrogen and oxygen atoms in total. The van der Waals surface area contributed by atoms with Crippen LogP contribution in [-0.2, 0) is 11.3 Å². The third-order valence-electron chi connectivity index (χ3n) is 4.44. The number of halogens is 1. The van der Waals surface area contributed by atoms with Gasteiger partial charge in [-0.3, -0.25) is 0 Å². The van der Waals surface area contributed by atoms with Gasteiger partial charge in [0.25, 0.3) is 0 Å². The number of allylic oxidation sites excluding steroid dienone is 1. The number of nitrogens with zero attached hydrogens (tertiary/aromatic N) is 3. The standard InChI is InChI=1S/C20H27FN4O2/c1-4-10-23-19(22-3)24-12-17-9-11-25(13-18(17)21)20(26)27-14-16-7-5-15(2)6-8-16/h4-8,10,17-18H,3,9,11-14H2,1-2H3,(H,23,24)/b10-4-/t17-,18-/m1/s1. The van der Waals surface area contributed by atoms with Crippen LogP contribution in [0.2, 0.25) is 0 Å². The number of alkyl halides is 1. The molecule has 146 valence electrons. The molecule has 0 saturated carbocycles. The zero-order valence-electron chi connectivity index (χ0n) is 15.9. The van der Waals surface area contributed by atoms with Crippen molar-refractivity contribution in [3.05, 3.63) is 47.7 Å². The summed E-state index contributed by atoms with van der Waals surface area (Å²) in [6, 6.07) is 7.76. The SMILES string of the molecule is C=N/C(=N\C=C/C)NC[C@H]1CCN(C(=O)OCc2ccc(C)cc2)C[C@H]1F.